The fraction of sp³-hybridized carbons (Fsp3) is 0.200. The highest BCUT2D eigenvalue weighted by atomic mass is 31.1. The van der Waals surface area contributed by atoms with Gasteiger partial charge in [-0.1, -0.05) is 84.5 Å². The second kappa shape index (κ2) is 7.38. The van der Waals surface area contributed by atoms with Gasteiger partial charge in [0.15, 0.2) is 0 Å². The van der Waals surface area contributed by atoms with Crippen molar-refractivity contribution in [1.82, 2.24) is 0 Å². The van der Waals surface area contributed by atoms with Crippen molar-refractivity contribution < 1.29 is 0 Å². The molecule has 0 heterocycles. The van der Waals surface area contributed by atoms with Gasteiger partial charge in [-0.3, -0.25) is 0 Å². The lowest BCUT2D eigenvalue weighted by Gasteiger charge is -2.18. The molecule has 1 aliphatic carbocycles. The Morgan fingerprint density at radius 2 is 1.43 bits per heavy atom. The molecule has 0 radical (unpaired) electrons. The van der Waals surface area contributed by atoms with Crippen LogP contribution in [0.15, 0.2) is 84.5 Å². The van der Waals surface area contributed by atoms with Gasteiger partial charge in [0.2, 0.25) is 0 Å². The third kappa shape index (κ3) is 3.93. The first-order valence-corrected chi connectivity index (χ1v) is 9.18. The van der Waals surface area contributed by atoms with Crippen molar-refractivity contribution in [1.29, 1.82) is 0 Å². The Kier molecular flexibility index (Phi) is 5.03. The Balaban J connectivity index is 1.70. The molecule has 0 N–H and O–H groups in total. The maximum Gasteiger partial charge on any atom is -0.0133 e. The summed E-state index contributed by atoms with van der Waals surface area (Å²) in [6.45, 7) is 0. The first-order chi connectivity index (χ1) is 10.4. The molecule has 0 bridgehead atoms. The summed E-state index contributed by atoms with van der Waals surface area (Å²) in [7, 11) is -0.219. The summed E-state index contributed by atoms with van der Waals surface area (Å²) in [5, 5.41) is 2.99. The molecule has 1 heteroatoms. The Morgan fingerprint density at radius 1 is 0.810 bits per heavy atom. The van der Waals surface area contributed by atoms with E-state index in [4.69, 9.17) is 0 Å². The van der Waals surface area contributed by atoms with Crippen molar-refractivity contribution in [3.05, 3.63) is 84.5 Å². The van der Waals surface area contributed by atoms with Crippen molar-refractivity contribution in [3.8, 4) is 0 Å². The second-order valence-electron chi connectivity index (χ2n) is 5.38. The number of allylic oxidation sites excluding steroid dienone is 4. The first-order valence-electron chi connectivity index (χ1n) is 7.66. The molecular formula is C20H21P. The van der Waals surface area contributed by atoms with Gasteiger partial charge in [-0.2, -0.15) is 0 Å². The molecule has 0 aromatic heterocycles. The van der Waals surface area contributed by atoms with Crippen LogP contribution in [0, 0.1) is 0 Å². The van der Waals surface area contributed by atoms with Crippen LogP contribution in [0.3, 0.4) is 0 Å². The lowest BCUT2D eigenvalue weighted by molar-refractivity contribution is 0.894. The lowest BCUT2D eigenvalue weighted by Crippen LogP contribution is -2.13. The van der Waals surface area contributed by atoms with Crippen molar-refractivity contribution in [2.24, 2.45) is 0 Å². The third-order valence-corrected chi connectivity index (χ3v) is 6.47. The zero-order valence-electron chi connectivity index (χ0n) is 12.3. The zero-order valence-corrected chi connectivity index (χ0v) is 13.2. The smallest absolute Gasteiger partial charge is 0.0133 e. The average Bonchev–Trinajstić information content (AvgIpc) is 3.07. The summed E-state index contributed by atoms with van der Waals surface area (Å²) < 4.78 is 0. The summed E-state index contributed by atoms with van der Waals surface area (Å²) >= 11 is 0. The van der Waals surface area contributed by atoms with Crippen LogP contribution in [0.5, 0.6) is 0 Å². The van der Waals surface area contributed by atoms with E-state index in [1.165, 1.54) is 29.6 Å². The summed E-state index contributed by atoms with van der Waals surface area (Å²) in [6.07, 6.45) is 11.7. The van der Waals surface area contributed by atoms with Crippen LogP contribution >= 0.6 is 7.92 Å². The Labute approximate surface area is 129 Å². The number of rotatable bonds is 6. The fourth-order valence-corrected chi connectivity index (χ4v) is 5.12. The summed E-state index contributed by atoms with van der Waals surface area (Å²) in [4.78, 5) is 0. The van der Waals surface area contributed by atoms with Gasteiger partial charge in [0.25, 0.3) is 0 Å². The normalized spacial score (nSPS) is 13.7. The van der Waals surface area contributed by atoms with Crippen LogP contribution in [0.1, 0.15) is 19.3 Å². The lowest BCUT2D eigenvalue weighted by atomic mass is 10.1. The average molecular weight is 292 g/mol. The number of benzene rings is 2. The van der Waals surface area contributed by atoms with Gasteiger partial charge in [-0.15, -0.1) is 0 Å². The van der Waals surface area contributed by atoms with Crippen molar-refractivity contribution >= 4 is 18.5 Å². The van der Waals surface area contributed by atoms with E-state index in [0.717, 1.165) is 6.42 Å². The molecule has 0 aliphatic heterocycles. The fourth-order valence-electron chi connectivity index (χ4n) is 2.76. The van der Waals surface area contributed by atoms with Gasteiger partial charge >= 0.3 is 0 Å². The van der Waals surface area contributed by atoms with Gasteiger partial charge in [-0.25, -0.2) is 0 Å². The topological polar surface area (TPSA) is 0 Å². The number of hydrogen-bond donors (Lipinski definition) is 0. The molecule has 2 aromatic carbocycles. The van der Waals surface area contributed by atoms with E-state index in [1.54, 1.807) is 5.57 Å². The highest BCUT2D eigenvalue weighted by Crippen LogP contribution is 2.35. The van der Waals surface area contributed by atoms with Crippen molar-refractivity contribution in [3.63, 3.8) is 0 Å². The molecular weight excluding hydrogens is 271 g/mol. The van der Waals surface area contributed by atoms with Crippen LogP contribution in [0.2, 0.25) is 0 Å². The standard InChI is InChI=1S/C20H21P/c1-3-13-19(14-4-1)21(20-15-5-2-6-16-20)17-9-12-18-10-7-8-11-18/h1-8,10,13-16H,9,11-12,17H2. The molecule has 0 saturated heterocycles. The molecule has 0 fully saturated rings. The second-order valence-corrected chi connectivity index (χ2v) is 7.72. The minimum Gasteiger partial charge on any atom is -0.0805 e. The van der Waals surface area contributed by atoms with Crippen LogP contribution < -0.4 is 10.6 Å². The Morgan fingerprint density at radius 3 is 1.95 bits per heavy atom. The van der Waals surface area contributed by atoms with Crippen LogP contribution in [-0.2, 0) is 0 Å². The minimum atomic E-state index is -0.219. The summed E-state index contributed by atoms with van der Waals surface area (Å²) in [6, 6.07) is 22.0. The monoisotopic (exact) mass is 292 g/mol. The maximum atomic E-state index is 2.29. The largest absolute Gasteiger partial charge is 0.0805 e. The third-order valence-electron chi connectivity index (χ3n) is 3.86. The molecule has 0 saturated carbocycles. The highest BCUT2D eigenvalue weighted by Gasteiger charge is 2.13. The minimum absolute atomic E-state index is 0.219. The first kappa shape index (κ1) is 14.3. The molecule has 2 aromatic rings. The van der Waals surface area contributed by atoms with E-state index >= 15 is 0 Å². The molecule has 0 nitrogen and oxygen atoms in total. The van der Waals surface area contributed by atoms with Gasteiger partial charge < -0.3 is 0 Å². The molecule has 21 heavy (non-hydrogen) atoms. The van der Waals surface area contributed by atoms with Gasteiger partial charge in [0.05, 0.1) is 0 Å². The Hall–Kier alpha value is -1.65. The van der Waals surface area contributed by atoms with Crippen molar-refractivity contribution in [2.75, 3.05) is 6.16 Å². The summed E-state index contributed by atoms with van der Waals surface area (Å²) in [5.74, 6) is 0. The van der Waals surface area contributed by atoms with E-state index in [-0.39, 0.29) is 7.92 Å². The van der Waals surface area contributed by atoms with Crippen molar-refractivity contribution in [2.45, 2.75) is 19.3 Å². The van der Waals surface area contributed by atoms with E-state index in [2.05, 4.69) is 78.9 Å². The van der Waals surface area contributed by atoms with E-state index in [9.17, 15) is 0 Å². The van der Waals surface area contributed by atoms with Crippen LogP contribution in [0.25, 0.3) is 0 Å². The van der Waals surface area contributed by atoms with Gasteiger partial charge in [0, 0.05) is 0 Å². The SMILES string of the molecule is C1=CCC(CCCP(c2ccccc2)c2ccccc2)=C1. The van der Waals surface area contributed by atoms with Gasteiger partial charge in [-0.05, 0) is 44.0 Å². The number of hydrogen-bond acceptors (Lipinski definition) is 0. The highest BCUT2D eigenvalue weighted by molar-refractivity contribution is 7.73. The molecule has 1 aliphatic rings. The zero-order chi connectivity index (χ0) is 14.3. The Bertz CT molecular complexity index is 571. The quantitative estimate of drug-likeness (QED) is 0.672. The molecule has 0 spiro atoms. The van der Waals surface area contributed by atoms with Crippen LogP contribution in [-0.4, -0.2) is 6.16 Å². The van der Waals surface area contributed by atoms with Gasteiger partial charge in [0.1, 0.15) is 0 Å². The molecule has 0 amide bonds. The summed E-state index contributed by atoms with van der Waals surface area (Å²) in [5.41, 5.74) is 1.59. The van der Waals surface area contributed by atoms with Crippen LogP contribution in [0.4, 0.5) is 0 Å². The molecule has 0 unspecified atom stereocenters. The predicted molar refractivity (Wildman–Crippen MR) is 95.0 cm³/mol. The maximum absolute atomic E-state index is 2.29. The molecule has 106 valence electrons. The van der Waals surface area contributed by atoms with E-state index < -0.39 is 0 Å². The van der Waals surface area contributed by atoms with E-state index in [1.807, 2.05) is 0 Å². The molecule has 0 atom stereocenters. The predicted octanol–water partition coefficient (Wildman–Crippen LogP) is 4.79. The van der Waals surface area contributed by atoms with E-state index in [0.29, 0.717) is 0 Å². The molecule has 3 rings (SSSR count).